The highest BCUT2D eigenvalue weighted by atomic mass is 35.5. The van der Waals surface area contributed by atoms with Gasteiger partial charge in [-0.05, 0) is 54.1 Å². The van der Waals surface area contributed by atoms with E-state index in [4.69, 9.17) is 23.2 Å². The number of nitrogens with zero attached hydrogens (tertiary/aromatic N) is 3. The molecule has 0 radical (unpaired) electrons. The Labute approximate surface area is 214 Å². The molecule has 1 fully saturated rings. The second-order valence-electron chi connectivity index (χ2n) is 8.17. The maximum atomic E-state index is 14.1. The van der Waals surface area contributed by atoms with Gasteiger partial charge < -0.3 is 9.80 Å². The van der Waals surface area contributed by atoms with Crippen LogP contribution in [0, 0.1) is 5.82 Å². The van der Waals surface area contributed by atoms with E-state index in [0.29, 0.717) is 47.5 Å². The zero-order chi connectivity index (χ0) is 25.0. The Morgan fingerprint density at radius 3 is 2.03 bits per heavy atom. The molecular formula is C25H24Cl2FN3O3S. The highest BCUT2D eigenvalue weighted by Crippen LogP contribution is 2.23. The van der Waals surface area contributed by atoms with Gasteiger partial charge in [-0.25, -0.2) is 12.8 Å². The summed E-state index contributed by atoms with van der Waals surface area (Å²) in [6, 6.07) is 19.2. The molecule has 1 amide bonds. The SMILES string of the molecule is O=C(CN(Cc1ccc(Cl)cc1)S(=O)(=O)c1ccc(Cl)cc1)N1CCN(c2ccccc2F)CC1. The molecule has 3 aromatic carbocycles. The summed E-state index contributed by atoms with van der Waals surface area (Å²) >= 11 is 11.9. The van der Waals surface area contributed by atoms with Gasteiger partial charge in [0.1, 0.15) is 5.82 Å². The third-order valence-corrected chi connectivity index (χ3v) is 8.17. The molecule has 10 heteroatoms. The first kappa shape index (κ1) is 25.4. The lowest BCUT2D eigenvalue weighted by Gasteiger charge is -2.37. The van der Waals surface area contributed by atoms with E-state index in [-0.39, 0.29) is 29.7 Å². The number of carbonyl (C=O) groups excluding carboxylic acids is 1. The van der Waals surface area contributed by atoms with Gasteiger partial charge in [0.25, 0.3) is 0 Å². The van der Waals surface area contributed by atoms with Gasteiger partial charge in [-0.1, -0.05) is 47.5 Å². The van der Waals surface area contributed by atoms with Crippen molar-refractivity contribution in [3.8, 4) is 0 Å². The number of sulfonamides is 1. The van der Waals surface area contributed by atoms with E-state index in [1.165, 1.54) is 30.3 Å². The first-order valence-corrected chi connectivity index (χ1v) is 13.2. The van der Waals surface area contributed by atoms with Crippen LogP contribution in [0.5, 0.6) is 0 Å². The van der Waals surface area contributed by atoms with Crippen LogP contribution in [-0.4, -0.2) is 56.3 Å². The number of halogens is 3. The molecule has 1 heterocycles. The Morgan fingerprint density at radius 2 is 1.43 bits per heavy atom. The van der Waals surface area contributed by atoms with Crippen LogP contribution in [0.2, 0.25) is 10.0 Å². The highest BCUT2D eigenvalue weighted by Gasteiger charge is 2.30. The molecule has 3 aromatic rings. The lowest BCUT2D eigenvalue weighted by molar-refractivity contribution is -0.131. The number of para-hydroxylation sites is 1. The summed E-state index contributed by atoms with van der Waals surface area (Å²) in [4.78, 5) is 16.7. The minimum atomic E-state index is -3.99. The van der Waals surface area contributed by atoms with Crippen molar-refractivity contribution < 1.29 is 17.6 Å². The van der Waals surface area contributed by atoms with E-state index in [2.05, 4.69) is 0 Å². The molecule has 184 valence electrons. The quantitative estimate of drug-likeness (QED) is 0.441. The van der Waals surface area contributed by atoms with Gasteiger partial charge in [0.2, 0.25) is 15.9 Å². The average Bonchev–Trinajstić information content (AvgIpc) is 2.85. The molecule has 0 unspecified atom stereocenters. The van der Waals surface area contributed by atoms with Crippen molar-refractivity contribution in [2.24, 2.45) is 0 Å². The minimum absolute atomic E-state index is 0.00304. The van der Waals surface area contributed by atoms with Crippen molar-refractivity contribution in [1.82, 2.24) is 9.21 Å². The van der Waals surface area contributed by atoms with Crippen molar-refractivity contribution in [3.63, 3.8) is 0 Å². The first-order valence-electron chi connectivity index (χ1n) is 11.0. The third-order valence-electron chi connectivity index (χ3n) is 5.86. The normalized spacial score (nSPS) is 14.4. The van der Waals surface area contributed by atoms with Crippen LogP contribution < -0.4 is 4.90 Å². The van der Waals surface area contributed by atoms with Gasteiger partial charge in [0.05, 0.1) is 17.1 Å². The lowest BCUT2D eigenvalue weighted by Crippen LogP contribution is -2.52. The van der Waals surface area contributed by atoms with Gasteiger partial charge in [-0.3, -0.25) is 4.79 Å². The fourth-order valence-electron chi connectivity index (χ4n) is 3.93. The summed E-state index contributed by atoms with van der Waals surface area (Å²) in [5.74, 6) is -0.625. The van der Waals surface area contributed by atoms with E-state index in [1.54, 1.807) is 47.4 Å². The van der Waals surface area contributed by atoms with Gasteiger partial charge in [0.15, 0.2) is 0 Å². The zero-order valence-electron chi connectivity index (χ0n) is 18.8. The summed E-state index contributed by atoms with van der Waals surface area (Å²) in [6.07, 6.45) is 0. The minimum Gasteiger partial charge on any atom is -0.366 e. The van der Waals surface area contributed by atoms with Crippen LogP contribution in [-0.2, 0) is 21.4 Å². The summed E-state index contributed by atoms with van der Waals surface area (Å²) in [7, 11) is -3.99. The predicted molar refractivity (Wildman–Crippen MR) is 136 cm³/mol. The molecule has 0 saturated carbocycles. The van der Waals surface area contributed by atoms with Crippen molar-refractivity contribution in [3.05, 3.63) is 94.2 Å². The van der Waals surface area contributed by atoms with Crippen molar-refractivity contribution >= 4 is 44.8 Å². The van der Waals surface area contributed by atoms with Gasteiger partial charge in [-0.2, -0.15) is 4.31 Å². The highest BCUT2D eigenvalue weighted by molar-refractivity contribution is 7.89. The maximum absolute atomic E-state index is 14.1. The smallest absolute Gasteiger partial charge is 0.243 e. The fourth-order valence-corrected chi connectivity index (χ4v) is 5.56. The molecule has 0 atom stereocenters. The van der Waals surface area contributed by atoms with E-state index < -0.39 is 10.0 Å². The van der Waals surface area contributed by atoms with Gasteiger partial charge in [0, 0.05) is 42.8 Å². The number of benzene rings is 3. The summed E-state index contributed by atoms with van der Waals surface area (Å²) < 4.78 is 42.2. The number of hydrogen-bond acceptors (Lipinski definition) is 4. The summed E-state index contributed by atoms with van der Waals surface area (Å²) in [5.41, 5.74) is 1.19. The maximum Gasteiger partial charge on any atom is 0.243 e. The van der Waals surface area contributed by atoms with Crippen molar-refractivity contribution in [1.29, 1.82) is 0 Å². The topological polar surface area (TPSA) is 60.9 Å². The number of rotatable bonds is 7. The first-order chi connectivity index (χ1) is 16.7. The molecular weight excluding hydrogens is 512 g/mol. The molecule has 4 rings (SSSR count). The Morgan fingerprint density at radius 1 is 0.857 bits per heavy atom. The standard InChI is InChI=1S/C25H24Cl2FN3O3S/c26-20-7-5-19(6-8-20)17-31(35(33,34)22-11-9-21(27)10-12-22)18-25(32)30-15-13-29(14-16-30)24-4-2-1-3-23(24)28/h1-12H,13-18H2. The zero-order valence-corrected chi connectivity index (χ0v) is 21.1. The Kier molecular flexibility index (Phi) is 7.96. The lowest BCUT2D eigenvalue weighted by atomic mass is 10.2. The van der Waals surface area contributed by atoms with Crippen molar-refractivity contribution in [2.45, 2.75) is 11.4 Å². The number of piperazine rings is 1. The molecule has 0 bridgehead atoms. The van der Waals surface area contributed by atoms with E-state index >= 15 is 0 Å². The third kappa shape index (κ3) is 6.13. The van der Waals surface area contributed by atoms with Crippen LogP contribution in [0.15, 0.2) is 77.7 Å². The Bertz CT molecular complexity index is 1280. The van der Waals surface area contributed by atoms with E-state index in [1.807, 2.05) is 4.90 Å². The van der Waals surface area contributed by atoms with E-state index in [9.17, 15) is 17.6 Å². The molecule has 1 saturated heterocycles. The van der Waals surface area contributed by atoms with Gasteiger partial charge in [-0.15, -0.1) is 0 Å². The monoisotopic (exact) mass is 535 g/mol. The fraction of sp³-hybridized carbons (Fsp3) is 0.240. The van der Waals surface area contributed by atoms with Crippen LogP contribution >= 0.6 is 23.2 Å². The second kappa shape index (κ2) is 11.0. The molecule has 0 N–H and O–H groups in total. The number of anilines is 1. The van der Waals surface area contributed by atoms with Crippen LogP contribution in [0.1, 0.15) is 5.56 Å². The van der Waals surface area contributed by atoms with Crippen LogP contribution in [0.25, 0.3) is 0 Å². The Balaban J connectivity index is 1.50. The van der Waals surface area contributed by atoms with Gasteiger partial charge >= 0.3 is 0 Å². The largest absolute Gasteiger partial charge is 0.366 e. The Hall–Kier alpha value is -2.65. The van der Waals surface area contributed by atoms with Crippen LogP contribution in [0.3, 0.4) is 0 Å². The number of carbonyl (C=O) groups is 1. The molecule has 0 aromatic heterocycles. The second-order valence-corrected chi connectivity index (χ2v) is 11.0. The number of hydrogen-bond donors (Lipinski definition) is 0. The molecule has 0 aliphatic carbocycles. The van der Waals surface area contributed by atoms with Crippen LogP contribution in [0.4, 0.5) is 10.1 Å². The molecule has 1 aliphatic rings. The van der Waals surface area contributed by atoms with E-state index in [0.717, 1.165) is 4.31 Å². The number of amides is 1. The molecule has 35 heavy (non-hydrogen) atoms. The molecule has 0 spiro atoms. The predicted octanol–water partition coefficient (Wildman–Crippen LogP) is 4.67. The summed E-state index contributed by atoms with van der Waals surface area (Å²) in [5, 5.41) is 0.946. The summed E-state index contributed by atoms with van der Waals surface area (Å²) in [6.45, 7) is 1.31. The molecule has 1 aliphatic heterocycles. The van der Waals surface area contributed by atoms with Crippen molar-refractivity contribution in [2.75, 3.05) is 37.6 Å². The molecule has 6 nitrogen and oxygen atoms in total. The average molecular weight is 536 g/mol.